The molecule has 5 atom stereocenters. The van der Waals surface area contributed by atoms with Crippen molar-refractivity contribution in [2.24, 2.45) is 18.9 Å². The Bertz CT molecular complexity index is 1460. The van der Waals surface area contributed by atoms with Crippen LogP contribution < -0.4 is 10.6 Å². The SMILES string of the molecule is C[C@H]1NC(=O)[C@H](CCc2ccccc2)NC(=O)CCC[C@H]2[C@@H]3C[C@@H](CN(Cc4ccc(Sc5nncn5C)o4)C3)CN2C1=O. The van der Waals surface area contributed by atoms with E-state index in [9.17, 15) is 14.4 Å². The minimum atomic E-state index is -0.677. The molecule has 3 aliphatic heterocycles. The van der Waals surface area contributed by atoms with Gasteiger partial charge >= 0.3 is 0 Å². The normalized spacial score (nSPS) is 26.7. The molecule has 44 heavy (non-hydrogen) atoms. The van der Waals surface area contributed by atoms with E-state index in [1.165, 1.54) is 11.8 Å². The molecule has 3 aliphatic rings. The van der Waals surface area contributed by atoms with Gasteiger partial charge in [-0.25, -0.2) is 0 Å². The molecule has 2 bridgehead atoms. The van der Waals surface area contributed by atoms with Crippen molar-refractivity contribution in [3.63, 3.8) is 0 Å². The Labute approximate surface area is 262 Å². The molecule has 5 heterocycles. The van der Waals surface area contributed by atoms with E-state index >= 15 is 0 Å². The molecule has 11 nitrogen and oxygen atoms in total. The third-order valence-electron chi connectivity index (χ3n) is 9.05. The van der Waals surface area contributed by atoms with Crippen LogP contribution in [0.4, 0.5) is 0 Å². The Morgan fingerprint density at radius 3 is 2.68 bits per heavy atom. The highest BCUT2D eigenvalue weighted by molar-refractivity contribution is 7.99. The molecule has 0 saturated carbocycles. The minimum Gasteiger partial charge on any atom is -0.453 e. The quantitative estimate of drug-likeness (QED) is 0.414. The van der Waals surface area contributed by atoms with E-state index in [4.69, 9.17) is 4.42 Å². The molecule has 0 spiro atoms. The van der Waals surface area contributed by atoms with Gasteiger partial charge in [-0.1, -0.05) is 30.3 Å². The first-order valence-corrected chi connectivity index (χ1v) is 16.4. The topological polar surface area (TPSA) is 126 Å². The number of furan rings is 1. The molecular formula is C32H41N7O4S. The fourth-order valence-corrected chi connectivity index (χ4v) is 7.71. The van der Waals surface area contributed by atoms with E-state index in [1.807, 2.05) is 59.0 Å². The Morgan fingerprint density at radius 2 is 1.89 bits per heavy atom. The molecule has 1 aromatic carbocycles. The van der Waals surface area contributed by atoms with Gasteiger partial charge in [0.1, 0.15) is 24.2 Å². The number of benzene rings is 1. The second-order valence-electron chi connectivity index (χ2n) is 12.4. The third-order valence-corrected chi connectivity index (χ3v) is 10.0. The van der Waals surface area contributed by atoms with Gasteiger partial charge in [0.05, 0.1) is 6.54 Å². The summed E-state index contributed by atoms with van der Waals surface area (Å²) < 4.78 is 7.99. The number of carbonyl (C=O) groups excluding carboxylic acids is 3. The molecule has 12 heteroatoms. The summed E-state index contributed by atoms with van der Waals surface area (Å²) in [6, 6.07) is 12.6. The predicted molar refractivity (Wildman–Crippen MR) is 164 cm³/mol. The van der Waals surface area contributed by atoms with Gasteiger partial charge in [-0.2, -0.15) is 0 Å². The predicted octanol–water partition coefficient (Wildman–Crippen LogP) is 3.01. The van der Waals surface area contributed by atoms with Crippen LogP contribution in [0.15, 0.2) is 63.5 Å². The van der Waals surface area contributed by atoms with Gasteiger partial charge < -0.3 is 24.5 Å². The molecule has 3 aromatic rings. The van der Waals surface area contributed by atoms with Crippen molar-refractivity contribution in [3.8, 4) is 0 Å². The smallest absolute Gasteiger partial charge is 0.245 e. The molecule has 0 unspecified atom stereocenters. The van der Waals surface area contributed by atoms with Gasteiger partial charge in [-0.05, 0) is 80.3 Å². The minimum absolute atomic E-state index is 0.0284. The first-order chi connectivity index (χ1) is 21.3. The fourth-order valence-electron chi connectivity index (χ4n) is 6.96. The van der Waals surface area contributed by atoms with Crippen LogP contribution in [0.3, 0.4) is 0 Å². The number of carbonyl (C=O) groups is 3. The van der Waals surface area contributed by atoms with Gasteiger partial charge in [0.15, 0.2) is 10.2 Å². The fraction of sp³-hybridized carbons (Fsp3) is 0.531. The summed E-state index contributed by atoms with van der Waals surface area (Å²) in [6.45, 7) is 4.86. The monoisotopic (exact) mass is 619 g/mol. The lowest BCUT2D eigenvalue weighted by atomic mass is 9.77. The first-order valence-electron chi connectivity index (χ1n) is 15.6. The van der Waals surface area contributed by atoms with Crippen LogP contribution in [-0.4, -0.2) is 80.0 Å². The van der Waals surface area contributed by atoms with E-state index < -0.39 is 12.1 Å². The van der Waals surface area contributed by atoms with Gasteiger partial charge in [-0.3, -0.25) is 19.3 Å². The van der Waals surface area contributed by atoms with Gasteiger partial charge in [0, 0.05) is 39.1 Å². The Kier molecular flexibility index (Phi) is 9.36. The maximum Gasteiger partial charge on any atom is 0.245 e. The second kappa shape index (κ2) is 13.6. The Hall–Kier alpha value is -3.64. The summed E-state index contributed by atoms with van der Waals surface area (Å²) in [5.41, 5.74) is 1.11. The zero-order valence-electron chi connectivity index (χ0n) is 25.4. The molecular weight excluding hydrogens is 578 g/mol. The van der Waals surface area contributed by atoms with Crippen molar-refractivity contribution in [2.45, 2.75) is 80.4 Å². The molecule has 3 fully saturated rings. The number of fused-ring (bicyclic) bond motifs is 4. The zero-order chi connectivity index (χ0) is 30.6. The second-order valence-corrected chi connectivity index (χ2v) is 13.4. The van der Waals surface area contributed by atoms with E-state index in [-0.39, 0.29) is 23.8 Å². The van der Waals surface area contributed by atoms with Gasteiger partial charge in [-0.15, -0.1) is 10.2 Å². The molecule has 6 rings (SSSR count). The molecule has 3 amide bonds. The number of hydrogen-bond donors (Lipinski definition) is 2. The molecule has 2 N–H and O–H groups in total. The summed E-state index contributed by atoms with van der Waals surface area (Å²) in [5, 5.41) is 15.5. The summed E-state index contributed by atoms with van der Waals surface area (Å²) in [6.07, 6.45) is 5.63. The number of nitrogens with one attached hydrogen (secondary N) is 2. The van der Waals surface area contributed by atoms with Crippen molar-refractivity contribution in [3.05, 3.63) is 60.1 Å². The van der Waals surface area contributed by atoms with E-state index in [0.717, 1.165) is 47.5 Å². The van der Waals surface area contributed by atoms with Crippen LogP contribution in [-0.2, 0) is 34.4 Å². The number of rotatable bonds is 7. The van der Waals surface area contributed by atoms with E-state index in [2.05, 4.69) is 25.7 Å². The average molecular weight is 620 g/mol. The maximum atomic E-state index is 13.8. The van der Waals surface area contributed by atoms with Crippen LogP contribution in [0.2, 0.25) is 0 Å². The highest BCUT2D eigenvalue weighted by Crippen LogP contribution is 2.37. The average Bonchev–Trinajstić information content (AvgIpc) is 3.63. The maximum absolute atomic E-state index is 13.8. The molecule has 2 aromatic heterocycles. The van der Waals surface area contributed by atoms with E-state index in [0.29, 0.717) is 50.6 Å². The number of nitrogens with zero attached hydrogens (tertiary/aromatic N) is 5. The number of amides is 3. The van der Waals surface area contributed by atoms with Crippen molar-refractivity contribution < 1.29 is 18.8 Å². The van der Waals surface area contributed by atoms with E-state index in [1.54, 1.807) is 13.3 Å². The standard InChI is InChI=1S/C32H41N7O4S/c1-21-31(42)39-17-23-15-24(18-38(16-23)19-25-12-14-29(43-25)44-32-36-33-20-37(32)2)27(39)9-6-10-28(40)35-26(30(41)34-21)13-11-22-7-4-3-5-8-22/h3-5,7-8,12,14,20-21,23-24,26-27H,6,9-11,13,15-19H2,1-2H3,(H,34,41)(H,35,40)/t21-,23+,24-,26+,27+/m1/s1. The van der Waals surface area contributed by atoms with Crippen molar-refractivity contribution in [1.29, 1.82) is 0 Å². The highest BCUT2D eigenvalue weighted by Gasteiger charge is 2.44. The largest absolute Gasteiger partial charge is 0.453 e. The number of aromatic nitrogens is 3. The summed E-state index contributed by atoms with van der Waals surface area (Å²) >= 11 is 1.45. The molecule has 0 aliphatic carbocycles. The van der Waals surface area contributed by atoms with Crippen LogP contribution in [0, 0.1) is 11.8 Å². The Morgan fingerprint density at radius 1 is 1.05 bits per heavy atom. The van der Waals surface area contributed by atoms with Gasteiger partial charge in [0.25, 0.3) is 0 Å². The van der Waals surface area contributed by atoms with Crippen molar-refractivity contribution in [2.75, 3.05) is 19.6 Å². The third kappa shape index (κ3) is 7.18. The summed E-state index contributed by atoms with van der Waals surface area (Å²) in [7, 11) is 1.90. The van der Waals surface area contributed by atoms with Crippen molar-refractivity contribution >= 4 is 29.5 Å². The zero-order valence-corrected chi connectivity index (χ0v) is 26.2. The van der Waals surface area contributed by atoms with Crippen LogP contribution in [0.5, 0.6) is 0 Å². The van der Waals surface area contributed by atoms with Crippen LogP contribution >= 0.6 is 11.8 Å². The lowest BCUT2D eigenvalue weighted by Crippen LogP contribution is -2.62. The van der Waals surface area contributed by atoms with Gasteiger partial charge in [0.2, 0.25) is 17.7 Å². The number of likely N-dealkylation sites (tertiary alicyclic amines) is 1. The summed E-state index contributed by atoms with van der Waals surface area (Å²) in [5.74, 6) is 1.09. The first kappa shape index (κ1) is 30.4. The molecule has 0 radical (unpaired) electrons. The number of piperidine rings is 2. The number of aryl methyl sites for hydroxylation is 2. The van der Waals surface area contributed by atoms with Crippen molar-refractivity contribution in [1.82, 2.24) is 35.2 Å². The van der Waals surface area contributed by atoms with Crippen LogP contribution in [0.25, 0.3) is 0 Å². The lowest BCUT2D eigenvalue weighted by molar-refractivity contribution is -0.145. The molecule has 234 valence electrons. The highest BCUT2D eigenvalue weighted by atomic mass is 32.2. The lowest BCUT2D eigenvalue weighted by Gasteiger charge is -2.51. The molecule has 3 saturated heterocycles. The summed E-state index contributed by atoms with van der Waals surface area (Å²) in [4.78, 5) is 44.6. The van der Waals surface area contributed by atoms with Crippen LogP contribution in [0.1, 0.15) is 50.4 Å². The number of hydrogen-bond acceptors (Lipinski definition) is 8. The Balaban J connectivity index is 1.10.